The van der Waals surface area contributed by atoms with Crippen LogP contribution in [0.25, 0.3) is 0 Å². The monoisotopic (exact) mass is 183 g/mol. The summed E-state index contributed by atoms with van der Waals surface area (Å²) in [6.45, 7) is 0. The molecule has 0 amide bonds. The number of carbonyl (C=O) groups is 1. The highest BCUT2D eigenvalue weighted by Gasteiger charge is 2.43. The van der Waals surface area contributed by atoms with Gasteiger partial charge in [0.25, 0.3) is 0 Å². The molecule has 0 spiro atoms. The minimum absolute atomic E-state index is 0.0332. The number of fused-ring (bicyclic) bond motifs is 5. The lowest BCUT2D eigenvalue weighted by Crippen LogP contribution is -2.10. The molecule has 0 N–H and O–H groups in total. The highest BCUT2D eigenvalue weighted by molar-refractivity contribution is 5.92. The molecule has 68 valence electrons. The zero-order chi connectivity index (χ0) is 9.71. The van der Waals surface area contributed by atoms with Crippen LogP contribution in [0.15, 0.2) is 18.2 Å². The molecule has 3 rings (SSSR count). The Bertz CT molecular complexity index is 470. The lowest BCUT2D eigenvalue weighted by atomic mass is 9.88. The number of carbonyl (C=O) groups excluding carboxylic acids is 1. The predicted octanol–water partition coefficient (Wildman–Crippen LogP) is 2.10. The van der Waals surface area contributed by atoms with Crippen molar-refractivity contribution >= 4 is 5.78 Å². The molecule has 2 aliphatic carbocycles. The first-order chi connectivity index (χ1) is 6.81. The van der Waals surface area contributed by atoms with Crippen LogP contribution in [0, 0.1) is 11.3 Å². The zero-order valence-electron chi connectivity index (χ0n) is 7.66. The van der Waals surface area contributed by atoms with Crippen LogP contribution in [0.4, 0.5) is 0 Å². The molecule has 1 saturated carbocycles. The molecule has 0 aliphatic heterocycles. The molecule has 2 nitrogen and oxygen atoms in total. The molecule has 0 aromatic heterocycles. The summed E-state index contributed by atoms with van der Waals surface area (Å²) in [5.41, 5.74) is 2.97. The number of nitrogens with zero attached hydrogens (tertiary/aromatic N) is 1. The summed E-state index contributed by atoms with van der Waals surface area (Å²) in [7, 11) is 0. The van der Waals surface area contributed by atoms with Gasteiger partial charge in [-0.1, -0.05) is 12.1 Å². The third-order valence-electron chi connectivity index (χ3n) is 3.41. The second-order valence-electron chi connectivity index (χ2n) is 4.08. The largest absolute Gasteiger partial charge is 0.299 e. The Morgan fingerprint density at radius 3 is 3.07 bits per heavy atom. The summed E-state index contributed by atoms with van der Waals surface area (Å²) in [4.78, 5) is 11.6. The maximum atomic E-state index is 11.6. The van der Waals surface area contributed by atoms with E-state index < -0.39 is 0 Å². The lowest BCUT2D eigenvalue weighted by molar-refractivity contribution is -0.118. The fourth-order valence-corrected chi connectivity index (χ4v) is 2.83. The Labute approximate surface area is 82.2 Å². The third-order valence-corrected chi connectivity index (χ3v) is 3.41. The fourth-order valence-electron chi connectivity index (χ4n) is 2.83. The van der Waals surface area contributed by atoms with Gasteiger partial charge in [0.05, 0.1) is 11.6 Å². The molecule has 2 heteroatoms. The van der Waals surface area contributed by atoms with Crippen molar-refractivity contribution < 1.29 is 4.79 Å². The molecule has 2 atom stereocenters. The number of Topliss-reactive ketones (excluding diaryl/α,β-unsaturated/α-hetero) is 1. The van der Waals surface area contributed by atoms with Gasteiger partial charge >= 0.3 is 0 Å². The summed E-state index contributed by atoms with van der Waals surface area (Å²) in [6, 6.07) is 7.97. The van der Waals surface area contributed by atoms with E-state index in [0.29, 0.717) is 23.7 Å². The Morgan fingerprint density at radius 1 is 1.43 bits per heavy atom. The summed E-state index contributed by atoms with van der Waals surface area (Å²) < 4.78 is 0. The van der Waals surface area contributed by atoms with E-state index in [-0.39, 0.29) is 5.92 Å². The van der Waals surface area contributed by atoms with Crippen LogP contribution in [-0.2, 0) is 4.79 Å². The minimum Gasteiger partial charge on any atom is -0.299 e. The van der Waals surface area contributed by atoms with E-state index in [1.807, 2.05) is 12.1 Å². The van der Waals surface area contributed by atoms with Crippen LogP contribution in [0.3, 0.4) is 0 Å². The highest BCUT2D eigenvalue weighted by atomic mass is 16.1. The van der Waals surface area contributed by atoms with E-state index in [1.165, 1.54) is 5.56 Å². The molecule has 0 heterocycles. The van der Waals surface area contributed by atoms with E-state index in [1.54, 1.807) is 0 Å². The molecule has 1 aromatic rings. The van der Waals surface area contributed by atoms with Gasteiger partial charge in [-0.05, 0) is 29.5 Å². The standard InChI is InChI=1S/C12H9NO/c13-6-7-2-1-3-9-8-4-10(12(7)9)11(14)5-8/h1-3,8,10H,4-5H2/t8-,10+/m1/s1. The van der Waals surface area contributed by atoms with E-state index >= 15 is 0 Å². The number of hydrogen-bond donors (Lipinski definition) is 0. The average Bonchev–Trinajstić information content (AvgIpc) is 2.74. The summed E-state index contributed by atoms with van der Waals surface area (Å²) in [5, 5.41) is 8.95. The maximum absolute atomic E-state index is 11.6. The second kappa shape index (κ2) is 2.45. The normalized spacial score (nSPS) is 27.5. The summed E-state index contributed by atoms with van der Waals surface area (Å²) in [6.07, 6.45) is 1.62. The quantitative estimate of drug-likeness (QED) is 0.618. The van der Waals surface area contributed by atoms with E-state index in [0.717, 1.165) is 12.0 Å². The molecule has 14 heavy (non-hydrogen) atoms. The van der Waals surface area contributed by atoms with E-state index in [2.05, 4.69) is 12.1 Å². The Kier molecular flexibility index (Phi) is 1.36. The molecular formula is C12H9NO. The van der Waals surface area contributed by atoms with Crippen LogP contribution >= 0.6 is 0 Å². The Balaban J connectivity index is 2.28. The van der Waals surface area contributed by atoms with Crippen LogP contribution in [0.2, 0.25) is 0 Å². The molecule has 0 radical (unpaired) electrons. The van der Waals surface area contributed by atoms with E-state index in [9.17, 15) is 4.79 Å². The maximum Gasteiger partial charge on any atom is 0.141 e. The smallest absolute Gasteiger partial charge is 0.141 e. The van der Waals surface area contributed by atoms with Crippen LogP contribution < -0.4 is 0 Å². The zero-order valence-corrected chi connectivity index (χ0v) is 7.66. The summed E-state index contributed by atoms with van der Waals surface area (Å²) in [5.74, 6) is 0.756. The number of rotatable bonds is 0. The van der Waals surface area contributed by atoms with Gasteiger partial charge in [0, 0.05) is 12.3 Å². The van der Waals surface area contributed by atoms with Gasteiger partial charge in [-0.15, -0.1) is 0 Å². The molecule has 2 aliphatic rings. The number of hydrogen-bond acceptors (Lipinski definition) is 2. The van der Waals surface area contributed by atoms with Crippen molar-refractivity contribution in [3.8, 4) is 6.07 Å². The SMILES string of the molecule is N#Cc1cccc2c1[C@H]1C[C@@H]2CC1=O. The minimum atomic E-state index is 0.0332. The van der Waals surface area contributed by atoms with Gasteiger partial charge < -0.3 is 0 Å². The first-order valence-electron chi connectivity index (χ1n) is 4.87. The topological polar surface area (TPSA) is 40.9 Å². The highest BCUT2D eigenvalue weighted by Crippen LogP contribution is 2.51. The molecule has 0 saturated heterocycles. The number of nitriles is 1. The Hall–Kier alpha value is -1.62. The van der Waals surface area contributed by atoms with Gasteiger partial charge in [-0.2, -0.15) is 5.26 Å². The van der Waals surface area contributed by atoms with Gasteiger partial charge in [0.1, 0.15) is 5.78 Å². The first-order valence-corrected chi connectivity index (χ1v) is 4.87. The molecule has 0 unspecified atom stereocenters. The van der Waals surface area contributed by atoms with Gasteiger partial charge in [0.15, 0.2) is 0 Å². The van der Waals surface area contributed by atoms with Crippen LogP contribution in [0.5, 0.6) is 0 Å². The predicted molar refractivity (Wildman–Crippen MR) is 50.9 cm³/mol. The van der Waals surface area contributed by atoms with Crippen molar-refractivity contribution in [3.63, 3.8) is 0 Å². The molecule has 1 fully saturated rings. The number of benzene rings is 1. The van der Waals surface area contributed by atoms with Crippen LogP contribution in [0.1, 0.15) is 41.4 Å². The molecule has 1 aromatic carbocycles. The van der Waals surface area contributed by atoms with Gasteiger partial charge in [-0.3, -0.25) is 4.79 Å². The van der Waals surface area contributed by atoms with Crippen molar-refractivity contribution in [2.24, 2.45) is 0 Å². The summed E-state index contributed by atoms with van der Waals surface area (Å²) >= 11 is 0. The Morgan fingerprint density at radius 2 is 2.29 bits per heavy atom. The second-order valence-corrected chi connectivity index (χ2v) is 4.08. The van der Waals surface area contributed by atoms with Crippen molar-refractivity contribution in [1.29, 1.82) is 5.26 Å². The van der Waals surface area contributed by atoms with Gasteiger partial charge in [0.2, 0.25) is 0 Å². The molecule has 2 bridgehead atoms. The average molecular weight is 183 g/mol. The van der Waals surface area contributed by atoms with E-state index in [4.69, 9.17) is 5.26 Å². The van der Waals surface area contributed by atoms with Crippen molar-refractivity contribution in [1.82, 2.24) is 0 Å². The third kappa shape index (κ3) is 0.773. The van der Waals surface area contributed by atoms with Gasteiger partial charge in [-0.25, -0.2) is 0 Å². The van der Waals surface area contributed by atoms with Crippen LogP contribution in [-0.4, -0.2) is 5.78 Å². The lowest BCUT2D eigenvalue weighted by Gasteiger charge is -2.14. The van der Waals surface area contributed by atoms with Crippen molar-refractivity contribution in [3.05, 3.63) is 34.9 Å². The van der Waals surface area contributed by atoms with Crippen molar-refractivity contribution in [2.45, 2.75) is 24.7 Å². The first kappa shape index (κ1) is 7.75. The van der Waals surface area contributed by atoms with Crippen molar-refractivity contribution in [2.75, 3.05) is 0 Å². The number of ketones is 1. The fraction of sp³-hybridized carbons (Fsp3) is 0.333. The molecular weight excluding hydrogens is 174 g/mol.